The molecule has 1 N–H and O–H groups in total. The maximum absolute atomic E-state index is 13.6. The first-order valence-electron chi connectivity index (χ1n) is 13.1. The molecule has 5 rings (SSSR count). The van der Waals surface area contributed by atoms with E-state index < -0.39 is 6.10 Å². The minimum Gasteiger partial charge on any atom is -0.390 e. The number of halogens is 1. The molecule has 0 bridgehead atoms. The normalized spacial score (nSPS) is 22.2. The van der Waals surface area contributed by atoms with Crippen molar-refractivity contribution in [3.8, 4) is 11.1 Å². The molecule has 0 aliphatic carbocycles. The first kappa shape index (κ1) is 25.6. The van der Waals surface area contributed by atoms with Crippen LogP contribution in [0.3, 0.4) is 0 Å². The molecule has 196 valence electrons. The van der Waals surface area contributed by atoms with Crippen molar-refractivity contribution in [3.63, 3.8) is 0 Å². The average Bonchev–Trinajstić information content (AvgIpc) is 3.43. The lowest BCUT2D eigenvalue weighted by Crippen LogP contribution is -2.54. The number of hydrogen-bond acceptors (Lipinski definition) is 5. The predicted octanol–water partition coefficient (Wildman–Crippen LogP) is 3.98. The van der Waals surface area contributed by atoms with E-state index in [9.17, 15) is 14.3 Å². The van der Waals surface area contributed by atoms with E-state index in [2.05, 4.69) is 16.8 Å². The Morgan fingerprint density at radius 2 is 1.81 bits per heavy atom. The summed E-state index contributed by atoms with van der Waals surface area (Å²) in [6.07, 6.45) is 5.33. The topological polar surface area (TPSA) is 70.8 Å². The lowest BCUT2D eigenvalue weighted by atomic mass is 9.95. The maximum Gasteiger partial charge on any atom is 0.272 e. The molecule has 1 aromatic heterocycles. The Hall–Kier alpha value is -3.07. The highest BCUT2D eigenvalue weighted by atomic mass is 19.1. The minimum absolute atomic E-state index is 0.00843. The van der Waals surface area contributed by atoms with Gasteiger partial charge in [0.2, 0.25) is 0 Å². The predicted molar refractivity (Wildman–Crippen MR) is 140 cm³/mol. The number of piperidine rings is 2. The molecule has 1 unspecified atom stereocenters. The van der Waals surface area contributed by atoms with Gasteiger partial charge < -0.3 is 19.3 Å². The summed E-state index contributed by atoms with van der Waals surface area (Å²) in [5.41, 5.74) is 3.55. The van der Waals surface area contributed by atoms with Gasteiger partial charge in [0.15, 0.2) is 0 Å². The van der Waals surface area contributed by atoms with Crippen LogP contribution < -0.4 is 0 Å². The molecule has 2 fully saturated rings. The molecule has 0 saturated carbocycles. The molecule has 3 aromatic rings. The van der Waals surface area contributed by atoms with Crippen molar-refractivity contribution in [2.24, 2.45) is 0 Å². The van der Waals surface area contributed by atoms with Gasteiger partial charge in [-0.2, -0.15) is 0 Å². The Bertz CT molecular complexity index is 1210. The van der Waals surface area contributed by atoms with Crippen LogP contribution in [-0.4, -0.2) is 81.9 Å². The molecule has 3 atom stereocenters. The molecular formula is C29H35FN4O3. The molecule has 2 aliphatic heterocycles. The smallest absolute Gasteiger partial charge is 0.272 e. The molecule has 2 saturated heterocycles. The van der Waals surface area contributed by atoms with Crippen molar-refractivity contribution in [3.05, 3.63) is 78.1 Å². The van der Waals surface area contributed by atoms with Crippen LogP contribution in [0, 0.1) is 5.82 Å². The van der Waals surface area contributed by atoms with Crippen molar-refractivity contribution >= 4 is 5.91 Å². The fourth-order valence-electron chi connectivity index (χ4n) is 5.77. The number of benzene rings is 2. The van der Waals surface area contributed by atoms with Crippen molar-refractivity contribution in [1.29, 1.82) is 0 Å². The average molecular weight is 507 g/mol. The highest BCUT2D eigenvalue weighted by Gasteiger charge is 2.34. The molecule has 37 heavy (non-hydrogen) atoms. The summed E-state index contributed by atoms with van der Waals surface area (Å²) >= 11 is 0. The number of hydrogen-bond donors (Lipinski definition) is 1. The molecule has 8 heteroatoms. The van der Waals surface area contributed by atoms with Gasteiger partial charge >= 0.3 is 0 Å². The number of amides is 1. The Kier molecular flexibility index (Phi) is 7.69. The summed E-state index contributed by atoms with van der Waals surface area (Å²) in [6, 6.07) is 14.8. The summed E-state index contributed by atoms with van der Waals surface area (Å²) in [6.45, 7) is 5.02. The lowest BCUT2D eigenvalue weighted by molar-refractivity contribution is -0.0740. The van der Waals surface area contributed by atoms with Crippen LogP contribution in [0.15, 0.2) is 61.1 Å². The Balaban J connectivity index is 1.29. The molecule has 0 radical (unpaired) electrons. The second kappa shape index (κ2) is 11.1. The van der Waals surface area contributed by atoms with Gasteiger partial charge in [-0.1, -0.05) is 36.4 Å². The van der Waals surface area contributed by atoms with Gasteiger partial charge in [-0.3, -0.25) is 9.69 Å². The van der Waals surface area contributed by atoms with E-state index in [0.717, 1.165) is 42.6 Å². The zero-order chi connectivity index (χ0) is 25.9. The largest absolute Gasteiger partial charge is 0.390 e. The second-order valence-electron chi connectivity index (χ2n) is 10.1. The van der Waals surface area contributed by atoms with E-state index in [1.54, 1.807) is 31.8 Å². The molecule has 2 aromatic carbocycles. The van der Waals surface area contributed by atoms with E-state index in [1.165, 1.54) is 12.1 Å². The zero-order valence-corrected chi connectivity index (χ0v) is 21.5. The van der Waals surface area contributed by atoms with Gasteiger partial charge in [-0.05, 0) is 55.0 Å². The van der Waals surface area contributed by atoms with Crippen molar-refractivity contribution in [2.45, 2.75) is 50.5 Å². The van der Waals surface area contributed by atoms with Crippen molar-refractivity contribution in [2.75, 3.05) is 33.3 Å². The first-order chi connectivity index (χ1) is 18.0. The van der Waals surface area contributed by atoms with Crippen LogP contribution in [0.1, 0.15) is 48.3 Å². The number of imidazole rings is 1. The quantitative estimate of drug-likeness (QED) is 0.548. The van der Waals surface area contributed by atoms with Crippen LogP contribution in [0.5, 0.6) is 0 Å². The van der Waals surface area contributed by atoms with E-state index in [1.807, 2.05) is 33.7 Å². The third-order valence-electron chi connectivity index (χ3n) is 8.00. The van der Waals surface area contributed by atoms with Crippen LogP contribution in [0.25, 0.3) is 11.1 Å². The van der Waals surface area contributed by atoms with Gasteiger partial charge in [0.25, 0.3) is 5.91 Å². The fraction of sp³-hybridized carbons (Fsp3) is 0.448. The van der Waals surface area contributed by atoms with Crippen LogP contribution in [0.2, 0.25) is 0 Å². The summed E-state index contributed by atoms with van der Waals surface area (Å²) in [4.78, 5) is 22.3. The number of carbonyl (C=O) groups excluding carboxylic acids is 1. The monoisotopic (exact) mass is 506 g/mol. The number of nitrogens with zero attached hydrogens (tertiary/aromatic N) is 4. The molecule has 7 nitrogen and oxygen atoms in total. The number of carbonyl (C=O) groups is 1. The highest BCUT2D eigenvalue weighted by Crippen LogP contribution is 2.31. The van der Waals surface area contributed by atoms with Gasteiger partial charge in [-0.15, -0.1) is 0 Å². The van der Waals surface area contributed by atoms with E-state index in [4.69, 9.17) is 4.74 Å². The molecule has 3 heterocycles. The maximum atomic E-state index is 13.6. The first-order valence-corrected chi connectivity index (χ1v) is 13.1. The summed E-state index contributed by atoms with van der Waals surface area (Å²) in [5, 5.41) is 10.1. The molecular weight excluding hydrogens is 471 g/mol. The van der Waals surface area contributed by atoms with E-state index in [0.29, 0.717) is 31.2 Å². The number of aliphatic hydroxyl groups is 1. The van der Waals surface area contributed by atoms with E-state index in [-0.39, 0.29) is 23.9 Å². The van der Waals surface area contributed by atoms with Crippen LogP contribution in [-0.2, 0) is 4.74 Å². The second-order valence-corrected chi connectivity index (χ2v) is 10.1. The molecule has 0 spiro atoms. The van der Waals surface area contributed by atoms with Gasteiger partial charge in [0, 0.05) is 39.3 Å². The minimum atomic E-state index is -0.404. The third kappa shape index (κ3) is 5.32. The number of aromatic nitrogens is 2. The number of rotatable bonds is 6. The van der Waals surface area contributed by atoms with Gasteiger partial charge in [-0.25, -0.2) is 9.37 Å². The number of likely N-dealkylation sites (tertiary alicyclic amines) is 2. The molecule has 2 aliphatic rings. The van der Waals surface area contributed by atoms with Crippen LogP contribution in [0.4, 0.5) is 4.39 Å². The van der Waals surface area contributed by atoms with Crippen molar-refractivity contribution < 1.29 is 19.0 Å². The highest BCUT2D eigenvalue weighted by molar-refractivity contribution is 5.92. The number of methoxy groups -OCH3 is 1. The summed E-state index contributed by atoms with van der Waals surface area (Å²) in [5.74, 6) is -0.275. The number of ether oxygens (including phenoxy) is 1. The van der Waals surface area contributed by atoms with Gasteiger partial charge in [0.05, 0.1) is 30.8 Å². The van der Waals surface area contributed by atoms with E-state index >= 15 is 0 Å². The molecule has 1 amide bonds. The Morgan fingerprint density at radius 1 is 1.08 bits per heavy atom. The van der Waals surface area contributed by atoms with Crippen molar-refractivity contribution in [1.82, 2.24) is 19.4 Å². The zero-order valence-electron chi connectivity index (χ0n) is 21.5. The number of aliphatic hydroxyl groups excluding tert-OH is 1. The summed E-state index contributed by atoms with van der Waals surface area (Å²) < 4.78 is 20.9. The van der Waals surface area contributed by atoms with Gasteiger partial charge in [0.1, 0.15) is 11.5 Å². The third-order valence-corrected chi connectivity index (χ3v) is 8.00. The van der Waals surface area contributed by atoms with Crippen LogP contribution >= 0.6 is 0 Å². The standard InChI is InChI=1S/C29H35FN4O3/c1-20(24-5-3-4-6-25(24)21-7-9-22(30)10-8-21)34-19-31-17-26(34)29(36)32-14-11-23(12-15-32)33-16-13-27(35)28(18-33)37-2/h3-10,17,19-20,23,27-28,35H,11-16,18H2,1-2H3/t20-,27-,28?/m0/s1. The Labute approximate surface area is 217 Å². The summed E-state index contributed by atoms with van der Waals surface area (Å²) in [7, 11) is 1.65. The SMILES string of the molecule is COC1CN(C2CCN(C(=O)c3cncn3[C@@H](C)c3ccccc3-c3ccc(F)cc3)CC2)CC[C@@H]1O. The lowest BCUT2D eigenvalue weighted by Gasteiger charge is -2.43. The Morgan fingerprint density at radius 3 is 2.54 bits per heavy atom. The fourth-order valence-corrected chi connectivity index (χ4v) is 5.77.